The van der Waals surface area contributed by atoms with Crippen molar-refractivity contribution < 1.29 is 4.74 Å². The fourth-order valence-electron chi connectivity index (χ4n) is 2.45. The van der Waals surface area contributed by atoms with Gasteiger partial charge < -0.3 is 10.5 Å². The second kappa shape index (κ2) is 7.20. The van der Waals surface area contributed by atoms with Crippen LogP contribution in [-0.4, -0.2) is 43.8 Å². The summed E-state index contributed by atoms with van der Waals surface area (Å²) in [5.41, 5.74) is 6.02. The third kappa shape index (κ3) is 4.49. The van der Waals surface area contributed by atoms with Crippen LogP contribution >= 0.6 is 0 Å². The third-order valence-electron chi connectivity index (χ3n) is 3.31. The fourth-order valence-corrected chi connectivity index (χ4v) is 2.45. The Morgan fingerprint density at radius 1 is 1.40 bits per heavy atom. The average Bonchev–Trinajstić information content (AvgIpc) is 2.25. The van der Waals surface area contributed by atoms with E-state index < -0.39 is 0 Å². The average molecular weight is 214 g/mol. The van der Waals surface area contributed by atoms with E-state index in [1.165, 1.54) is 45.2 Å². The van der Waals surface area contributed by atoms with Gasteiger partial charge in [0.05, 0.1) is 0 Å². The number of rotatable bonds is 6. The monoisotopic (exact) mass is 214 g/mol. The molecular formula is C12H26N2O. The minimum absolute atomic E-state index is 0.313. The number of methoxy groups -OCH3 is 1. The minimum Gasteiger partial charge on any atom is -0.385 e. The zero-order chi connectivity index (χ0) is 11.1. The number of ether oxygens (including phenoxy) is 1. The Balaban J connectivity index is 2.23. The molecule has 1 aliphatic heterocycles. The second-order valence-corrected chi connectivity index (χ2v) is 4.66. The maximum Gasteiger partial charge on any atom is 0.0462 e. The van der Waals surface area contributed by atoms with Crippen molar-refractivity contribution in [1.29, 1.82) is 0 Å². The van der Waals surface area contributed by atoms with Gasteiger partial charge in [-0.05, 0) is 45.7 Å². The van der Waals surface area contributed by atoms with Crippen molar-refractivity contribution in [2.24, 2.45) is 5.73 Å². The van der Waals surface area contributed by atoms with Gasteiger partial charge in [0, 0.05) is 25.8 Å². The minimum atomic E-state index is 0.313. The predicted molar refractivity (Wildman–Crippen MR) is 64.0 cm³/mol. The number of hydrogen-bond donors (Lipinski definition) is 1. The second-order valence-electron chi connectivity index (χ2n) is 4.66. The van der Waals surface area contributed by atoms with Crippen molar-refractivity contribution >= 4 is 0 Å². The Morgan fingerprint density at radius 3 is 2.87 bits per heavy atom. The first kappa shape index (κ1) is 12.9. The van der Waals surface area contributed by atoms with Gasteiger partial charge in [0.1, 0.15) is 0 Å². The van der Waals surface area contributed by atoms with Crippen LogP contribution in [0.25, 0.3) is 0 Å². The summed E-state index contributed by atoms with van der Waals surface area (Å²) in [6.45, 7) is 5.45. The lowest BCUT2D eigenvalue weighted by Gasteiger charge is -2.38. The van der Waals surface area contributed by atoms with Crippen LogP contribution in [0.4, 0.5) is 0 Å². The zero-order valence-corrected chi connectivity index (χ0v) is 10.2. The molecule has 0 spiro atoms. The molecule has 1 fully saturated rings. The van der Waals surface area contributed by atoms with Crippen molar-refractivity contribution in [3.05, 3.63) is 0 Å². The molecule has 1 saturated heterocycles. The first-order chi connectivity index (χ1) is 7.25. The van der Waals surface area contributed by atoms with Crippen LogP contribution in [0.3, 0.4) is 0 Å². The van der Waals surface area contributed by atoms with Crippen LogP contribution in [0.5, 0.6) is 0 Å². The van der Waals surface area contributed by atoms with E-state index in [9.17, 15) is 0 Å². The molecule has 0 saturated carbocycles. The summed E-state index contributed by atoms with van der Waals surface area (Å²) in [6.07, 6.45) is 6.37. The molecule has 0 amide bonds. The van der Waals surface area contributed by atoms with E-state index in [0.29, 0.717) is 12.1 Å². The lowest BCUT2D eigenvalue weighted by atomic mass is 9.96. The molecular weight excluding hydrogens is 188 g/mol. The van der Waals surface area contributed by atoms with Gasteiger partial charge in [-0.1, -0.05) is 6.42 Å². The largest absolute Gasteiger partial charge is 0.385 e. The van der Waals surface area contributed by atoms with E-state index in [1.807, 2.05) is 0 Å². The molecule has 1 rings (SSSR count). The van der Waals surface area contributed by atoms with Gasteiger partial charge in [0.2, 0.25) is 0 Å². The highest BCUT2D eigenvalue weighted by Gasteiger charge is 2.24. The molecule has 0 radical (unpaired) electrons. The van der Waals surface area contributed by atoms with Crippen LogP contribution in [-0.2, 0) is 4.74 Å². The third-order valence-corrected chi connectivity index (χ3v) is 3.31. The number of nitrogens with two attached hydrogens (primary N) is 1. The highest BCUT2D eigenvalue weighted by molar-refractivity contribution is 4.82. The van der Waals surface area contributed by atoms with Crippen LogP contribution in [0, 0.1) is 0 Å². The molecule has 15 heavy (non-hydrogen) atoms. The zero-order valence-electron chi connectivity index (χ0n) is 10.2. The van der Waals surface area contributed by atoms with Gasteiger partial charge in [-0.25, -0.2) is 0 Å². The number of piperidine rings is 1. The van der Waals surface area contributed by atoms with Gasteiger partial charge in [-0.3, -0.25) is 4.90 Å². The summed E-state index contributed by atoms with van der Waals surface area (Å²) in [5.74, 6) is 0. The quantitative estimate of drug-likeness (QED) is 0.683. The summed E-state index contributed by atoms with van der Waals surface area (Å²) in [4.78, 5) is 2.57. The molecule has 1 heterocycles. The highest BCUT2D eigenvalue weighted by atomic mass is 16.5. The molecule has 2 unspecified atom stereocenters. The van der Waals surface area contributed by atoms with E-state index in [1.54, 1.807) is 7.11 Å². The Labute approximate surface area is 94.0 Å². The molecule has 2 N–H and O–H groups in total. The van der Waals surface area contributed by atoms with E-state index in [0.717, 1.165) is 6.61 Å². The summed E-state index contributed by atoms with van der Waals surface area (Å²) in [5, 5.41) is 0. The topological polar surface area (TPSA) is 38.5 Å². The van der Waals surface area contributed by atoms with Crippen molar-refractivity contribution in [2.75, 3.05) is 26.8 Å². The van der Waals surface area contributed by atoms with E-state index in [4.69, 9.17) is 10.5 Å². The summed E-state index contributed by atoms with van der Waals surface area (Å²) in [7, 11) is 1.77. The van der Waals surface area contributed by atoms with Crippen LogP contribution in [0.2, 0.25) is 0 Å². The number of likely N-dealkylation sites (tertiary alicyclic amines) is 1. The van der Waals surface area contributed by atoms with Crippen molar-refractivity contribution in [3.63, 3.8) is 0 Å². The van der Waals surface area contributed by atoms with Gasteiger partial charge in [-0.2, -0.15) is 0 Å². The molecule has 0 aliphatic carbocycles. The van der Waals surface area contributed by atoms with Gasteiger partial charge in [0.15, 0.2) is 0 Å². The molecule has 1 aliphatic rings. The van der Waals surface area contributed by atoms with Crippen molar-refractivity contribution in [1.82, 2.24) is 4.90 Å². The Bertz CT molecular complexity index is 162. The summed E-state index contributed by atoms with van der Waals surface area (Å²) in [6, 6.07) is 0.925. The number of unbranched alkanes of at least 4 members (excludes halogenated alkanes) is 1. The predicted octanol–water partition coefficient (Wildman–Crippen LogP) is 1.61. The SMILES string of the molecule is COCCCCN1CCCCC1C(C)N. The standard InChI is InChI=1S/C12H26N2O/c1-11(13)12-7-3-4-8-14(12)9-5-6-10-15-2/h11-12H,3-10,13H2,1-2H3. The molecule has 3 heteroatoms. The van der Waals surface area contributed by atoms with Gasteiger partial charge >= 0.3 is 0 Å². The molecule has 2 atom stereocenters. The van der Waals surface area contributed by atoms with E-state index >= 15 is 0 Å². The summed E-state index contributed by atoms with van der Waals surface area (Å²) < 4.78 is 5.06. The Morgan fingerprint density at radius 2 is 2.20 bits per heavy atom. The smallest absolute Gasteiger partial charge is 0.0462 e. The molecule has 3 nitrogen and oxygen atoms in total. The number of nitrogens with zero attached hydrogens (tertiary/aromatic N) is 1. The molecule has 0 bridgehead atoms. The van der Waals surface area contributed by atoms with Gasteiger partial charge in [0.25, 0.3) is 0 Å². The normalized spacial score (nSPS) is 25.4. The molecule has 0 aromatic rings. The van der Waals surface area contributed by atoms with Crippen LogP contribution in [0.1, 0.15) is 39.0 Å². The maximum atomic E-state index is 6.02. The Kier molecular flexibility index (Phi) is 6.22. The van der Waals surface area contributed by atoms with E-state index in [-0.39, 0.29) is 0 Å². The first-order valence-electron chi connectivity index (χ1n) is 6.24. The molecule has 0 aromatic heterocycles. The van der Waals surface area contributed by atoms with E-state index in [2.05, 4.69) is 11.8 Å². The highest BCUT2D eigenvalue weighted by Crippen LogP contribution is 2.19. The first-order valence-corrected chi connectivity index (χ1v) is 6.24. The van der Waals surface area contributed by atoms with Gasteiger partial charge in [-0.15, -0.1) is 0 Å². The molecule has 90 valence electrons. The lowest BCUT2D eigenvalue weighted by Crippen LogP contribution is -2.49. The maximum absolute atomic E-state index is 6.02. The molecule has 0 aromatic carbocycles. The van der Waals surface area contributed by atoms with Crippen LogP contribution < -0.4 is 5.73 Å². The lowest BCUT2D eigenvalue weighted by molar-refractivity contribution is 0.121. The van der Waals surface area contributed by atoms with Crippen molar-refractivity contribution in [3.8, 4) is 0 Å². The van der Waals surface area contributed by atoms with Crippen LogP contribution in [0.15, 0.2) is 0 Å². The van der Waals surface area contributed by atoms with Crippen molar-refractivity contribution in [2.45, 2.75) is 51.1 Å². The number of hydrogen-bond acceptors (Lipinski definition) is 3. The summed E-state index contributed by atoms with van der Waals surface area (Å²) >= 11 is 0. The Hall–Kier alpha value is -0.120. The fraction of sp³-hybridized carbons (Fsp3) is 1.00.